The van der Waals surface area contributed by atoms with Crippen molar-refractivity contribution in [2.75, 3.05) is 31.1 Å². The summed E-state index contributed by atoms with van der Waals surface area (Å²) in [5.74, 6) is 0. The van der Waals surface area contributed by atoms with E-state index in [2.05, 4.69) is 39.3 Å². The number of piperazine rings is 1. The van der Waals surface area contributed by atoms with Crippen LogP contribution in [0, 0.1) is 0 Å². The Kier molecular flexibility index (Phi) is 4.41. The fraction of sp³-hybridized carbons (Fsp3) is 0.235. The first-order chi connectivity index (χ1) is 10.3. The molecule has 1 aliphatic heterocycles. The number of nitrogens with zero attached hydrogens (tertiary/aromatic N) is 3. The summed E-state index contributed by atoms with van der Waals surface area (Å²) in [7, 11) is 0. The normalized spacial score (nSPS) is 15.7. The first kappa shape index (κ1) is 14.0. The highest BCUT2D eigenvalue weighted by Gasteiger charge is 2.15. The van der Waals surface area contributed by atoms with Gasteiger partial charge in [-0.1, -0.05) is 48.0 Å². The Morgan fingerprint density at radius 2 is 1.52 bits per heavy atom. The molecule has 2 aromatic carbocycles. The molecule has 1 aliphatic rings. The van der Waals surface area contributed by atoms with Gasteiger partial charge in [-0.2, -0.15) is 5.10 Å². The van der Waals surface area contributed by atoms with E-state index in [-0.39, 0.29) is 0 Å². The van der Waals surface area contributed by atoms with Gasteiger partial charge in [0.05, 0.1) is 19.3 Å². The van der Waals surface area contributed by atoms with Gasteiger partial charge in [0.15, 0.2) is 0 Å². The minimum atomic E-state index is 0.740. The monoisotopic (exact) mass is 299 g/mol. The zero-order valence-electron chi connectivity index (χ0n) is 11.8. The van der Waals surface area contributed by atoms with Crippen LogP contribution in [0.4, 0.5) is 5.69 Å². The summed E-state index contributed by atoms with van der Waals surface area (Å²) in [5.41, 5.74) is 2.25. The highest BCUT2D eigenvalue weighted by Crippen LogP contribution is 2.16. The molecule has 0 aromatic heterocycles. The molecular weight excluding hydrogens is 282 g/mol. The van der Waals surface area contributed by atoms with Crippen molar-refractivity contribution in [2.45, 2.75) is 0 Å². The van der Waals surface area contributed by atoms with Gasteiger partial charge in [-0.15, -0.1) is 0 Å². The molecule has 108 valence electrons. The SMILES string of the molecule is Clc1ccccc1/C=N\N1CCN(c2ccccc2)CC1. The number of rotatable bonds is 3. The molecule has 3 rings (SSSR count). The van der Waals surface area contributed by atoms with Crippen LogP contribution in [0.15, 0.2) is 59.7 Å². The van der Waals surface area contributed by atoms with Gasteiger partial charge in [0.1, 0.15) is 0 Å². The molecule has 2 aromatic rings. The highest BCUT2D eigenvalue weighted by atomic mass is 35.5. The maximum atomic E-state index is 6.13. The molecule has 21 heavy (non-hydrogen) atoms. The van der Waals surface area contributed by atoms with E-state index in [0.29, 0.717) is 0 Å². The molecule has 0 saturated carbocycles. The summed E-state index contributed by atoms with van der Waals surface area (Å²) in [6, 6.07) is 18.3. The number of hydrogen-bond acceptors (Lipinski definition) is 3. The molecule has 0 radical (unpaired) electrons. The van der Waals surface area contributed by atoms with Gasteiger partial charge < -0.3 is 4.90 Å². The van der Waals surface area contributed by atoms with Crippen LogP contribution in [0.25, 0.3) is 0 Å². The Balaban J connectivity index is 1.58. The van der Waals surface area contributed by atoms with E-state index in [1.807, 2.05) is 36.5 Å². The van der Waals surface area contributed by atoms with E-state index in [1.54, 1.807) is 0 Å². The van der Waals surface area contributed by atoms with Crippen LogP contribution in [-0.2, 0) is 0 Å². The Hall–Kier alpha value is -2.00. The zero-order valence-corrected chi connectivity index (χ0v) is 12.6. The minimum absolute atomic E-state index is 0.740. The summed E-state index contributed by atoms with van der Waals surface area (Å²) in [6.07, 6.45) is 1.85. The molecular formula is C17H18ClN3. The van der Waals surface area contributed by atoms with Crippen LogP contribution < -0.4 is 4.90 Å². The molecule has 1 fully saturated rings. The molecule has 1 saturated heterocycles. The third-order valence-electron chi connectivity index (χ3n) is 3.64. The lowest BCUT2D eigenvalue weighted by atomic mass is 10.2. The van der Waals surface area contributed by atoms with E-state index in [1.165, 1.54) is 5.69 Å². The molecule has 0 bridgehead atoms. The van der Waals surface area contributed by atoms with E-state index in [9.17, 15) is 0 Å². The van der Waals surface area contributed by atoms with Crippen LogP contribution in [0.5, 0.6) is 0 Å². The highest BCUT2D eigenvalue weighted by molar-refractivity contribution is 6.33. The molecule has 0 spiro atoms. The maximum Gasteiger partial charge on any atom is 0.0557 e. The fourth-order valence-electron chi connectivity index (χ4n) is 2.43. The number of hydrazone groups is 1. The number of para-hydroxylation sites is 1. The largest absolute Gasteiger partial charge is 0.368 e. The van der Waals surface area contributed by atoms with E-state index in [0.717, 1.165) is 36.8 Å². The van der Waals surface area contributed by atoms with Gasteiger partial charge in [0, 0.05) is 29.4 Å². The topological polar surface area (TPSA) is 18.8 Å². The number of halogens is 1. The summed E-state index contributed by atoms with van der Waals surface area (Å²) in [4.78, 5) is 2.39. The lowest BCUT2D eigenvalue weighted by molar-refractivity contribution is 0.272. The van der Waals surface area contributed by atoms with Crippen molar-refractivity contribution in [1.82, 2.24) is 5.01 Å². The zero-order chi connectivity index (χ0) is 14.5. The standard InChI is InChI=1S/C17H18ClN3/c18-17-9-5-4-6-15(17)14-19-21-12-10-20(11-13-21)16-7-2-1-3-8-16/h1-9,14H,10-13H2/b19-14-. The Labute approximate surface area is 130 Å². The first-order valence-electron chi connectivity index (χ1n) is 7.16. The van der Waals surface area contributed by atoms with Gasteiger partial charge in [-0.3, -0.25) is 5.01 Å². The van der Waals surface area contributed by atoms with Crippen molar-refractivity contribution in [3.8, 4) is 0 Å². The van der Waals surface area contributed by atoms with Gasteiger partial charge in [0.25, 0.3) is 0 Å². The number of benzene rings is 2. The lowest BCUT2D eigenvalue weighted by Crippen LogP contribution is -2.44. The van der Waals surface area contributed by atoms with Crippen molar-refractivity contribution in [2.24, 2.45) is 5.10 Å². The average Bonchev–Trinajstić information content (AvgIpc) is 2.55. The predicted octanol–water partition coefficient (Wildman–Crippen LogP) is 3.50. The molecule has 1 heterocycles. The second-order valence-corrected chi connectivity index (χ2v) is 5.45. The Bertz CT molecular complexity index is 604. The maximum absolute atomic E-state index is 6.13. The predicted molar refractivity (Wildman–Crippen MR) is 89.3 cm³/mol. The molecule has 0 amide bonds. The average molecular weight is 300 g/mol. The minimum Gasteiger partial charge on any atom is -0.368 e. The van der Waals surface area contributed by atoms with Gasteiger partial charge in [-0.25, -0.2) is 0 Å². The summed E-state index contributed by atoms with van der Waals surface area (Å²) in [5, 5.41) is 7.38. The molecule has 0 aliphatic carbocycles. The van der Waals surface area contributed by atoms with Crippen molar-refractivity contribution in [3.05, 3.63) is 65.2 Å². The Morgan fingerprint density at radius 1 is 0.857 bits per heavy atom. The number of hydrogen-bond donors (Lipinski definition) is 0. The van der Waals surface area contributed by atoms with Crippen LogP contribution in [0.3, 0.4) is 0 Å². The van der Waals surface area contributed by atoms with Crippen molar-refractivity contribution >= 4 is 23.5 Å². The second kappa shape index (κ2) is 6.64. The van der Waals surface area contributed by atoms with Gasteiger partial charge in [0.2, 0.25) is 0 Å². The lowest BCUT2D eigenvalue weighted by Gasteiger charge is -2.34. The third-order valence-corrected chi connectivity index (χ3v) is 3.99. The van der Waals surface area contributed by atoms with E-state index >= 15 is 0 Å². The van der Waals surface area contributed by atoms with Gasteiger partial charge >= 0.3 is 0 Å². The molecule has 0 atom stereocenters. The summed E-state index contributed by atoms with van der Waals surface area (Å²) < 4.78 is 0. The van der Waals surface area contributed by atoms with Crippen molar-refractivity contribution in [1.29, 1.82) is 0 Å². The van der Waals surface area contributed by atoms with E-state index in [4.69, 9.17) is 11.6 Å². The van der Waals surface area contributed by atoms with E-state index < -0.39 is 0 Å². The first-order valence-corrected chi connectivity index (χ1v) is 7.54. The smallest absolute Gasteiger partial charge is 0.0557 e. The van der Waals surface area contributed by atoms with Crippen LogP contribution in [0.2, 0.25) is 5.02 Å². The third kappa shape index (κ3) is 3.56. The number of anilines is 1. The van der Waals surface area contributed by atoms with Crippen molar-refractivity contribution < 1.29 is 0 Å². The second-order valence-electron chi connectivity index (χ2n) is 5.04. The molecule has 3 nitrogen and oxygen atoms in total. The van der Waals surface area contributed by atoms with Gasteiger partial charge in [-0.05, 0) is 18.2 Å². The van der Waals surface area contributed by atoms with Crippen LogP contribution in [0.1, 0.15) is 5.56 Å². The fourth-order valence-corrected chi connectivity index (χ4v) is 2.62. The molecule has 0 N–H and O–H groups in total. The summed E-state index contributed by atoms with van der Waals surface area (Å²) in [6.45, 7) is 3.83. The van der Waals surface area contributed by atoms with Crippen molar-refractivity contribution in [3.63, 3.8) is 0 Å². The van der Waals surface area contributed by atoms with Crippen LogP contribution >= 0.6 is 11.6 Å². The molecule has 4 heteroatoms. The molecule has 0 unspecified atom stereocenters. The quantitative estimate of drug-likeness (QED) is 0.808. The van der Waals surface area contributed by atoms with Crippen LogP contribution in [-0.4, -0.2) is 37.4 Å². The summed E-state index contributed by atoms with van der Waals surface area (Å²) >= 11 is 6.13. The Morgan fingerprint density at radius 3 is 2.24 bits per heavy atom.